The number of H-pyrrole nitrogens is 1. The number of hydrogen-bond donors (Lipinski definition) is 1. The summed E-state index contributed by atoms with van der Waals surface area (Å²) in [5, 5.41) is 3.85. The first kappa shape index (κ1) is 12.5. The van der Waals surface area contributed by atoms with Gasteiger partial charge in [0.05, 0.1) is 0 Å². The lowest BCUT2D eigenvalue weighted by molar-refractivity contribution is 0.0743. The van der Waals surface area contributed by atoms with Gasteiger partial charge < -0.3 is 4.90 Å². The van der Waals surface area contributed by atoms with E-state index in [4.69, 9.17) is 0 Å². The first-order chi connectivity index (χ1) is 7.60. The van der Waals surface area contributed by atoms with E-state index in [0.29, 0.717) is 13.1 Å². The minimum Gasteiger partial charge on any atom is -0.336 e. The molecule has 0 aromatic carbocycles. The van der Waals surface area contributed by atoms with Crippen LogP contribution < -0.4 is 5.69 Å². The second-order valence-corrected chi connectivity index (χ2v) is 3.69. The Balaban J connectivity index is 2.85. The van der Waals surface area contributed by atoms with Crippen LogP contribution in [0.5, 0.6) is 0 Å². The van der Waals surface area contributed by atoms with Gasteiger partial charge in [-0.2, -0.15) is 0 Å². The van der Waals surface area contributed by atoms with Gasteiger partial charge in [-0.3, -0.25) is 9.78 Å². The Hall–Kier alpha value is -1.59. The SMILES string of the molecule is CCCN(CCC)C(=O)c1nn(C)c(=O)[nH]1. The Labute approximate surface area is 94.3 Å². The third kappa shape index (κ3) is 2.71. The van der Waals surface area contributed by atoms with E-state index in [1.54, 1.807) is 4.90 Å². The standard InChI is InChI=1S/C10H18N4O2/c1-4-6-14(7-5-2)9(15)8-11-10(16)13(3)12-8/h4-7H2,1-3H3,(H,11,12,16). The first-order valence-electron chi connectivity index (χ1n) is 5.52. The summed E-state index contributed by atoms with van der Waals surface area (Å²) in [6.07, 6.45) is 1.78. The Morgan fingerprint density at radius 2 is 1.94 bits per heavy atom. The molecule has 16 heavy (non-hydrogen) atoms. The number of aromatic amines is 1. The van der Waals surface area contributed by atoms with Crippen LogP contribution in [0.4, 0.5) is 0 Å². The van der Waals surface area contributed by atoms with Gasteiger partial charge in [0, 0.05) is 20.1 Å². The van der Waals surface area contributed by atoms with Gasteiger partial charge in [-0.05, 0) is 12.8 Å². The van der Waals surface area contributed by atoms with Crippen LogP contribution in [0, 0.1) is 0 Å². The van der Waals surface area contributed by atoms with Crippen molar-refractivity contribution in [2.75, 3.05) is 13.1 Å². The lowest BCUT2D eigenvalue weighted by atomic mass is 10.3. The molecule has 0 fully saturated rings. The fourth-order valence-corrected chi connectivity index (χ4v) is 1.50. The molecule has 0 saturated carbocycles. The zero-order valence-corrected chi connectivity index (χ0v) is 9.99. The Morgan fingerprint density at radius 1 is 1.38 bits per heavy atom. The van der Waals surface area contributed by atoms with E-state index in [2.05, 4.69) is 10.1 Å². The van der Waals surface area contributed by atoms with Crippen molar-refractivity contribution < 1.29 is 4.79 Å². The molecule has 90 valence electrons. The van der Waals surface area contributed by atoms with E-state index in [9.17, 15) is 9.59 Å². The molecule has 0 saturated heterocycles. The van der Waals surface area contributed by atoms with Gasteiger partial charge >= 0.3 is 5.69 Å². The summed E-state index contributed by atoms with van der Waals surface area (Å²) < 4.78 is 1.13. The second kappa shape index (κ2) is 5.48. The number of aryl methyl sites for hydroxylation is 1. The molecule has 0 radical (unpaired) electrons. The van der Waals surface area contributed by atoms with Gasteiger partial charge in [0.15, 0.2) is 0 Å². The third-order valence-electron chi connectivity index (χ3n) is 2.25. The van der Waals surface area contributed by atoms with E-state index in [1.807, 2.05) is 13.8 Å². The van der Waals surface area contributed by atoms with Crippen molar-refractivity contribution in [1.29, 1.82) is 0 Å². The van der Waals surface area contributed by atoms with Crippen molar-refractivity contribution in [1.82, 2.24) is 19.7 Å². The van der Waals surface area contributed by atoms with Crippen LogP contribution in [0.15, 0.2) is 4.79 Å². The number of aromatic nitrogens is 3. The zero-order chi connectivity index (χ0) is 12.1. The highest BCUT2D eigenvalue weighted by Gasteiger charge is 2.18. The summed E-state index contributed by atoms with van der Waals surface area (Å²) in [6.45, 7) is 5.39. The van der Waals surface area contributed by atoms with Gasteiger partial charge in [0.2, 0.25) is 5.82 Å². The number of carbonyl (C=O) groups excluding carboxylic acids is 1. The van der Waals surface area contributed by atoms with E-state index in [1.165, 1.54) is 7.05 Å². The van der Waals surface area contributed by atoms with Crippen molar-refractivity contribution in [2.45, 2.75) is 26.7 Å². The van der Waals surface area contributed by atoms with Gasteiger partial charge in [0.25, 0.3) is 5.91 Å². The molecule has 0 bridgehead atoms. The monoisotopic (exact) mass is 226 g/mol. The van der Waals surface area contributed by atoms with E-state index < -0.39 is 0 Å². The predicted molar refractivity (Wildman–Crippen MR) is 60.3 cm³/mol. The molecular formula is C10H18N4O2. The maximum atomic E-state index is 12.0. The minimum atomic E-state index is -0.365. The molecule has 0 spiro atoms. The third-order valence-corrected chi connectivity index (χ3v) is 2.25. The molecule has 0 unspecified atom stereocenters. The van der Waals surface area contributed by atoms with E-state index in [0.717, 1.165) is 17.5 Å². The Kier molecular flexibility index (Phi) is 4.28. The van der Waals surface area contributed by atoms with Crippen LogP contribution in [0.2, 0.25) is 0 Å². The molecule has 1 rings (SSSR count). The lowest BCUT2D eigenvalue weighted by Gasteiger charge is -2.19. The number of rotatable bonds is 5. The molecular weight excluding hydrogens is 208 g/mol. The van der Waals surface area contributed by atoms with E-state index >= 15 is 0 Å². The highest BCUT2D eigenvalue weighted by Crippen LogP contribution is 2.00. The van der Waals surface area contributed by atoms with Crippen LogP contribution in [0.3, 0.4) is 0 Å². The highest BCUT2D eigenvalue weighted by atomic mass is 16.2. The van der Waals surface area contributed by atoms with Gasteiger partial charge in [0.1, 0.15) is 0 Å². The fourth-order valence-electron chi connectivity index (χ4n) is 1.50. The molecule has 1 heterocycles. The van der Waals surface area contributed by atoms with Crippen molar-refractivity contribution in [3.8, 4) is 0 Å². The Morgan fingerprint density at radius 3 is 2.31 bits per heavy atom. The number of carbonyl (C=O) groups is 1. The van der Waals surface area contributed by atoms with Crippen LogP contribution in [0.25, 0.3) is 0 Å². The molecule has 0 atom stereocenters. The molecule has 1 amide bonds. The van der Waals surface area contributed by atoms with Crippen molar-refractivity contribution in [3.63, 3.8) is 0 Å². The molecule has 1 N–H and O–H groups in total. The largest absolute Gasteiger partial charge is 0.343 e. The van der Waals surface area contributed by atoms with Crippen molar-refractivity contribution in [3.05, 3.63) is 16.3 Å². The van der Waals surface area contributed by atoms with Crippen molar-refractivity contribution in [2.24, 2.45) is 7.05 Å². The maximum Gasteiger partial charge on any atom is 0.343 e. The summed E-state index contributed by atoms with van der Waals surface area (Å²) >= 11 is 0. The number of hydrogen-bond acceptors (Lipinski definition) is 3. The molecule has 0 aliphatic carbocycles. The highest BCUT2D eigenvalue weighted by molar-refractivity contribution is 5.90. The average Bonchev–Trinajstić information content (AvgIpc) is 2.58. The summed E-state index contributed by atoms with van der Waals surface area (Å²) in [6, 6.07) is 0. The zero-order valence-electron chi connectivity index (χ0n) is 9.99. The molecule has 1 aromatic rings. The van der Waals surface area contributed by atoms with Crippen LogP contribution >= 0.6 is 0 Å². The number of nitrogens with zero attached hydrogens (tertiary/aromatic N) is 3. The fraction of sp³-hybridized carbons (Fsp3) is 0.700. The molecule has 0 aliphatic heterocycles. The summed E-state index contributed by atoms with van der Waals surface area (Å²) in [5.41, 5.74) is -0.365. The van der Waals surface area contributed by atoms with Gasteiger partial charge in [-0.15, -0.1) is 5.10 Å². The molecule has 6 nitrogen and oxygen atoms in total. The van der Waals surface area contributed by atoms with Gasteiger partial charge in [-0.1, -0.05) is 13.8 Å². The predicted octanol–water partition coefficient (Wildman–Crippen LogP) is 0.371. The molecule has 6 heteroatoms. The quantitative estimate of drug-likeness (QED) is 0.788. The normalized spacial score (nSPS) is 10.4. The van der Waals surface area contributed by atoms with Gasteiger partial charge in [-0.25, -0.2) is 9.48 Å². The number of amides is 1. The minimum absolute atomic E-state index is 0.120. The number of nitrogens with one attached hydrogen (secondary N) is 1. The second-order valence-electron chi connectivity index (χ2n) is 3.69. The lowest BCUT2D eigenvalue weighted by Crippen LogP contribution is -2.33. The van der Waals surface area contributed by atoms with E-state index in [-0.39, 0.29) is 17.4 Å². The summed E-state index contributed by atoms with van der Waals surface area (Å²) in [4.78, 5) is 27.3. The van der Waals surface area contributed by atoms with Crippen molar-refractivity contribution >= 4 is 5.91 Å². The first-order valence-corrected chi connectivity index (χ1v) is 5.52. The summed E-state index contributed by atoms with van der Waals surface area (Å²) in [7, 11) is 1.51. The maximum absolute atomic E-state index is 12.0. The van der Waals surface area contributed by atoms with Crippen LogP contribution in [-0.4, -0.2) is 38.7 Å². The Bertz CT molecular complexity index is 401. The molecule has 0 aliphatic rings. The smallest absolute Gasteiger partial charge is 0.336 e. The van der Waals surface area contributed by atoms with Crippen LogP contribution in [0.1, 0.15) is 37.3 Å². The average molecular weight is 226 g/mol. The summed E-state index contributed by atoms with van der Waals surface area (Å²) in [5.74, 6) is -0.0872. The molecule has 1 aromatic heterocycles. The van der Waals surface area contributed by atoms with Crippen LogP contribution in [-0.2, 0) is 7.05 Å². The topological polar surface area (TPSA) is 71.0 Å².